The monoisotopic (exact) mass is 339 g/mol. The summed E-state index contributed by atoms with van der Waals surface area (Å²) in [5, 5.41) is 4.20. The summed E-state index contributed by atoms with van der Waals surface area (Å²) < 4.78 is 0. The van der Waals surface area contributed by atoms with Gasteiger partial charge in [0.05, 0.1) is 0 Å². The van der Waals surface area contributed by atoms with Gasteiger partial charge < -0.3 is 0 Å². The lowest BCUT2D eigenvalue weighted by Gasteiger charge is -2.25. The fraction of sp³-hybridized carbons (Fsp3) is 0.214. The summed E-state index contributed by atoms with van der Waals surface area (Å²) in [6.45, 7) is 4.69. The van der Waals surface area contributed by atoms with Crippen LogP contribution in [0, 0.1) is 0 Å². The molecule has 0 aliphatic carbocycles. The molecule has 0 radical (unpaired) electrons. The Morgan fingerprint density at radius 2 is 1.89 bits per heavy atom. The van der Waals surface area contributed by atoms with Gasteiger partial charge in [-0.15, -0.1) is 0 Å². The average molecular weight is 341 g/mol. The second-order valence-corrected chi connectivity index (χ2v) is 10.1. The van der Waals surface area contributed by atoms with Gasteiger partial charge in [0.1, 0.15) is 13.2 Å². The number of benzene rings is 1. The minimum Gasteiger partial charge on any atom is -0.245 e. The third-order valence-electron chi connectivity index (χ3n) is 3.28. The molecule has 1 aromatic heterocycles. The first kappa shape index (κ1) is 13.8. The molecule has 0 saturated heterocycles. The van der Waals surface area contributed by atoms with Crippen LogP contribution >= 0.6 is 27.5 Å². The molecule has 0 N–H and O–H groups in total. The molecular formula is C14H15BrClNSi. The third kappa shape index (κ3) is 2.68. The number of aromatic nitrogens is 1. The lowest BCUT2D eigenvalue weighted by molar-refractivity contribution is 1.34. The maximum absolute atomic E-state index is 5.86. The highest BCUT2D eigenvalue weighted by Crippen LogP contribution is 2.12. The fourth-order valence-electron chi connectivity index (χ4n) is 2.15. The Morgan fingerprint density at radius 1 is 1.17 bits per heavy atom. The van der Waals surface area contributed by atoms with Crippen LogP contribution in [0.2, 0.25) is 18.2 Å². The van der Waals surface area contributed by atoms with Crippen molar-refractivity contribution in [3.63, 3.8) is 0 Å². The highest BCUT2D eigenvalue weighted by Gasteiger charge is 2.28. The van der Waals surface area contributed by atoms with Crippen LogP contribution < -0.4 is 10.4 Å². The van der Waals surface area contributed by atoms with Gasteiger partial charge in [0.2, 0.25) is 0 Å². The quantitative estimate of drug-likeness (QED) is 0.474. The summed E-state index contributed by atoms with van der Waals surface area (Å²) in [4.78, 5) is 4.21. The summed E-state index contributed by atoms with van der Waals surface area (Å²) in [5.41, 5.74) is 1.36. The summed E-state index contributed by atoms with van der Waals surface area (Å²) in [6, 6.07) is 12.6. The standard InChI is InChI=1S/C14H15BrClNSi/c1-18(2,12-7-8-14(16)17-10-12)13-6-4-3-5-11(13)9-15/h3-8,10H,9H2,1-2H3. The Hall–Kier alpha value is -0.643. The van der Waals surface area contributed by atoms with Gasteiger partial charge in [0, 0.05) is 11.5 Å². The van der Waals surface area contributed by atoms with Gasteiger partial charge in [-0.1, -0.05) is 76.1 Å². The summed E-state index contributed by atoms with van der Waals surface area (Å²) >= 11 is 9.43. The predicted molar refractivity (Wildman–Crippen MR) is 85.1 cm³/mol. The highest BCUT2D eigenvalue weighted by atomic mass is 79.9. The van der Waals surface area contributed by atoms with Crippen molar-refractivity contribution in [3.8, 4) is 0 Å². The van der Waals surface area contributed by atoms with Crippen molar-refractivity contribution >= 4 is 46.0 Å². The molecule has 0 fully saturated rings. The second-order valence-electron chi connectivity index (χ2n) is 4.79. The molecule has 0 unspecified atom stereocenters. The van der Waals surface area contributed by atoms with E-state index in [1.54, 1.807) is 0 Å². The zero-order valence-electron chi connectivity index (χ0n) is 10.5. The van der Waals surface area contributed by atoms with Crippen molar-refractivity contribution in [1.82, 2.24) is 4.98 Å². The van der Waals surface area contributed by atoms with Crippen LogP contribution in [0.15, 0.2) is 42.6 Å². The molecule has 2 rings (SSSR count). The van der Waals surface area contributed by atoms with Gasteiger partial charge in [0.25, 0.3) is 0 Å². The van der Waals surface area contributed by atoms with E-state index < -0.39 is 8.07 Å². The highest BCUT2D eigenvalue weighted by molar-refractivity contribution is 9.08. The Kier molecular flexibility index (Phi) is 4.25. The Balaban J connectivity index is 2.50. The Morgan fingerprint density at radius 3 is 2.50 bits per heavy atom. The SMILES string of the molecule is C[Si](C)(c1ccc(Cl)nc1)c1ccccc1CBr. The van der Waals surface area contributed by atoms with Gasteiger partial charge >= 0.3 is 0 Å². The molecule has 0 amide bonds. The van der Waals surface area contributed by atoms with Gasteiger partial charge in [-0.3, -0.25) is 0 Å². The molecule has 94 valence electrons. The number of alkyl halides is 1. The van der Waals surface area contributed by atoms with Crippen molar-refractivity contribution in [2.75, 3.05) is 0 Å². The summed E-state index contributed by atoms with van der Waals surface area (Å²) in [7, 11) is -1.70. The lowest BCUT2D eigenvalue weighted by Crippen LogP contribution is -2.54. The summed E-state index contributed by atoms with van der Waals surface area (Å²) in [6.07, 6.45) is 1.92. The molecule has 2 aromatic rings. The zero-order chi connectivity index (χ0) is 13.2. The molecule has 18 heavy (non-hydrogen) atoms. The minimum atomic E-state index is -1.70. The largest absolute Gasteiger partial charge is 0.245 e. The third-order valence-corrected chi connectivity index (χ3v) is 7.69. The number of rotatable bonds is 3. The van der Waals surface area contributed by atoms with Gasteiger partial charge in [-0.25, -0.2) is 4.98 Å². The van der Waals surface area contributed by atoms with E-state index in [1.807, 2.05) is 12.3 Å². The number of hydrogen-bond donors (Lipinski definition) is 0. The van der Waals surface area contributed by atoms with Crippen molar-refractivity contribution in [2.45, 2.75) is 18.4 Å². The topological polar surface area (TPSA) is 12.9 Å². The predicted octanol–water partition coefficient (Wildman–Crippen LogP) is 3.45. The molecule has 0 aliphatic rings. The number of pyridine rings is 1. The van der Waals surface area contributed by atoms with Crippen LogP contribution in [0.1, 0.15) is 5.56 Å². The van der Waals surface area contributed by atoms with E-state index in [2.05, 4.69) is 64.3 Å². The van der Waals surface area contributed by atoms with Crippen molar-refractivity contribution in [1.29, 1.82) is 0 Å². The molecule has 4 heteroatoms. The molecule has 1 aromatic carbocycles. The van der Waals surface area contributed by atoms with Crippen molar-refractivity contribution < 1.29 is 0 Å². The van der Waals surface area contributed by atoms with E-state index in [4.69, 9.17) is 11.6 Å². The van der Waals surface area contributed by atoms with Crippen molar-refractivity contribution in [2.24, 2.45) is 0 Å². The number of nitrogens with zero attached hydrogens (tertiary/aromatic N) is 1. The average Bonchev–Trinajstić information content (AvgIpc) is 2.39. The van der Waals surface area contributed by atoms with E-state index in [-0.39, 0.29) is 0 Å². The molecule has 0 saturated carbocycles. The van der Waals surface area contributed by atoms with Crippen LogP contribution in [0.3, 0.4) is 0 Å². The van der Waals surface area contributed by atoms with Crippen LogP contribution in [0.4, 0.5) is 0 Å². The smallest absolute Gasteiger partial charge is 0.128 e. The second kappa shape index (κ2) is 5.55. The number of hydrogen-bond acceptors (Lipinski definition) is 1. The maximum atomic E-state index is 5.86. The molecule has 1 heterocycles. The Labute approximate surface area is 122 Å². The van der Waals surface area contributed by atoms with E-state index in [1.165, 1.54) is 15.9 Å². The fourth-order valence-corrected chi connectivity index (χ4v) is 5.69. The van der Waals surface area contributed by atoms with E-state index in [0.29, 0.717) is 5.15 Å². The minimum absolute atomic E-state index is 0.553. The van der Waals surface area contributed by atoms with Gasteiger partial charge in [0.15, 0.2) is 0 Å². The zero-order valence-corrected chi connectivity index (χ0v) is 13.8. The molecule has 1 nitrogen and oxygen atoms in total. The molecule has 0 spiro atoms. The van der Waals surface area contributed by atoms with Crippen LogP contribution in [0.5, 0.6) is 0 Å². The normalized spacial score (nSPS) is 11.6. The first-order valence-corrected chi connectivity index (χ1v) is 10.3. The molecule has 0 atom stereocenters. The van der Waals surface area contributed by atoms with Crippen LogP contribution in [-0.2, 0) is 5.33 Å². The summed E-state index contributed by atoms with van der Waals surface area (Å²) in [5.74, 6) is 0. The van der Waals surface area contributed by atoms with Gasteiger partial charge in [-0.2, -0.15) is 0 Å². The maximum Gasteiger partial charge on any atom is 0.128 e. The lowest BCUT2D eigenvalue weighted by atomic mass is 10.2. The molecule has 0 bridgehead atoms. The van der Waals surface area contributed by atoms with Crippen LogP contribution in [-0.4, -0.2) is 13.1 Å². The van der Waals surface area contributed by atoms with E-state index in [9.17, 15) is 0 Å². The first-order valence-electron chi connectivity index (χ1n) is 5.82. The number of halogens is 2. The van der Waals surface area contributed by atoms with E-state index in [0.717, 1.165) is 5.33 Å². The van der Waals surface area contributed by atoms with Crippen LogP contribution in [0.25, 0.3) is 0 Å². The molecular weight excluding hydrogens is 326 g/mol. The van der Waals surface area contributed by atoms with Gasteiger partial charge in [-0.05, 0) is 16.8 Å². The van der Waals surface area contributed by atoms with Crippen molar-refractivity contribution in [3.05, 3.63) is 53.3 Å². The molecule has 0 aliphatic heterocycles. The first-order chi connectivity index (χ1) is 8.55. The van der Waals surface area contributed by atoms with E-state index >= 15 is 0 Å². The Bertz CT molecular complexity index is 540.